The van der Waals surface area contributed by atoms with Gasteiger partial charge in [0.25, 0.3) is 5.91 Å². The summed E-state index contributed by atoms with van der Waals surface area (Å²) in [7, 11) is 1.53. The van der Waals surface area contributed by atoms with Gasteiger partial charge in [-0.05, 0) is 36.1 Å². The Morgan fingerprint density at radius 3 is 2.57 bits per heavy atom. The number of hydrogen-bond acceptors (Lipinski definition) is 5. The molecule has 0 fully saturated rings. The van der Waals surface area contributed by atoms with E-state index in [0.29, 0.717) is 16.4 Å². The summed E-state index contributed by atoms with van der Waals surface area (Å²) in [6.45, 7) is 1.48. The van der Waals surface area contributed by atoms with Crippen molar-refractivity contribution in [2.45, 2.75) is 13.0 Å². The van der Waals surface area contributed by atoms with Gasteiger partial charge in [-0.25, -0.2) is 4.79 Å². The molecule has 0 saturated carbocycles. The summed E-state index contributed by atoms with van der Waals surface area (Å²) in [6.07, 6.45) is 0. The fraction of sp³-hybridized carbons (Fsp3) is 0.250. The van der Waals surface area contributed by atoms with Crippen LogP contribution in [0.3, 0.4) is 0 Å². The van der Waals surface area contributed by atoms with E-state index >= 15 is 0 Å². The highest BCUT2D eigenvalue weighted by Crippen LogP contribution is 2.25. The van der Waals surface area contributed by atoms with Gasteiger partial charge in [0.15, 0.2) is 6.61 Å². The number of carboxylic acid groups (broad SMARTS) is 1. The van der Waals surface area contributed by atoms with E-state index < -0.39 is 5.97 Å². The van der Waals surface area contributed by atoms with Crippen molar-refractivity contribution >= 4 is 23.2 Å². The summed E-state index contributed by atoms with van der Waals surface area (Å²) >= 11 is 1.32. The molecule has 0 aliphatic carbocycles. The zero-order chi connectivity index (χ0) is 16.8. The first-order chi connectivity index (χ1) is 11.0. The second-order valence-corrected chi connectivity index (χ2v) is 5.68. The molecule has 6 nitrogen and oxygen atoms in total. The van der Waals surface area contributed by atoms with Crippen LogP contribution in [0, 0.1) is 0 Å². The Balaban J connectivity index is 1.99. The largest absolute Gasteiger partial charge is 0.495 e. The SMILES string of the molecule is COc1ccsc1C(=O)NC(C)c1ccc(OCC(=O)O)cc1. The summed E-state index contributed by atoms with van der Waals surface area (Å²) in [5.74, 6) is -0.207. The molecule has 1 unspecified atom stereocenters. The lowest BCUT2D eigenvalue weighted by Crippen LogP contribution is -2.26. The maximum absolute atomic E-state index is 12.2. The average molecular weight is 335 g/mol. The van der Waals surface area contributed by atoms with Crippen molar-refractivity contribution in [2.75, 3.05) is 13.7 Å². The Hall–Kier alpha value is -2.54. The Kier molecular flexibility index (Phi) is 5.59. The van der Waals surface area contributed by atoms with Gasteiger partial charge in [-0.3, -0.25) is 4.79 Å². The number of nitrogens with one attached hydrogen (secondary N) is 1. The van der Waals surface area contributed by atoms with Crippen LogP contribution in [-0.4, -0.2) is 30.7 Å². The van der Waals surface area contributed by atoms with Crippen LogP contribution in [0.2, 0.25) is 0 Å². The Labute approximate surface area is 137 Å². The molecule has 0 bridgehead atoms. The van der Waals surface area contributed by atoms with Crippen LogP contribution in [0.4, 0.5) is 0 Å². The third kappa shape index (κ3) is 4.46. The first-order valence-corrected chi connectivity index (χ1v) is 7.76. The van der Waals surface area contributed by atoms with Gasteiger partial charge in [0.2, 0.25) is 0 Å². The van der Waals surface area contributed by atoms with Gasteiger partial charge < -0.3 is 19.9 Å². The first-order valence-electron chi connectivity index (χ1n) is 6.88. The minimum Gasteiger partial charge on any atom is -0.495 e. The van der Waals surface area contributed by atoms with E-state index in [1.165, 1.54) is 18.4 Å². The van der Waals surface area contributed by atoms with Crippen molar-refractivity contribution in [2.24, 2.45) is 0 Å². The third-order valence-corrected chi connectivity index (χ3v) is 4.04. The van der Waals surface area contributed by atoms with E-state index in [2.05, 4.69) is 5.32 Å². The minimum atomic E-state index is -1.03. The van der Waals surface area contributed by atoms with Gasteiger partial charge in [0.1, 0.15) is 16.4 Å². The molecule has 0 radical (unpaired) electrons. The number of aliphatic carboxylic acids is 1. The van der Waals surface area contributed by atoms with E-state index in [-0.39, 0.29) is 18.6 Å². The molecule has 1 heterocycles. The fourth-order valence-electron chi connectivity index (χ4n) is 1.97. The topological polar surface area (TPSA) is 84.9 Å². The zero-order valence-corrected chi connectivity index (χ0v) is 13.6. The summed E-state index contributed by atoms with van der Waals surface area (Å²) in [6, 6.07) is 8.46. The molecule has 7 heteroatoms. The van der Waals surface area contributed by atoms with E-state index in [0.717, 1.165) is 5.56 Å². The zero-order valence-electron chi connectivity index (χ0n) is 12.7. The van der Waals surface area contributed by atoms with Crippen molar-refractivity contribution < 1.29 is 24.2 Å². The van der Waals surface area contributed by atoms with E-state index in [1.54, 1.807) is 35.7 Å². The van der Waals surface area contributed by atoms with Crippen LogP contribution in [-0.2, 0) is 4.79 Å². The number of benzene rings is 1. The number of carbonyl (C=O) groups is 2. The quantitative estimate of drug-likeness (QED) is 0.813. The predicted molar refractivity (Wildman–Crippen MR) is 86.3 cm³/mol. The van der Waals surface area contributed by atoms with Crippen LogP contribution in [0.1, 0.15) is 28.2 Å². The Morgan fingerprint density at radius 2 is 1.96 bits per heavy atom. The average Bonchev–Trinajstić information content (AvgIpc) is 3.02. The standard InChI is InChI=1S/C16H17NO5S/c1-10(17-16(20)15-13(21-2)7-8-23-15)11-3-5-12(6-4-11)22-9-14(18)19/h3-8,10H,9H2,1-2H3,(H,17,20)(H,18,19). The highest BCUT2D eigenvalue weighted by Gasteiger charge is 2.16. The second-order valence-electron chi connectivity index (χ2n) is 4.76. The van der Waals surface area contributed by atoms with Crippen molar-refractivity contribution in [1.82, 2.24) is 5.32 Å². The summed E-state index contributed by atoms with van der Waals surface area (Å²) in [5.41, 5.74) is 0.886. The normalized spacial score (nSPS) is 11.6. The lowest BCUT2D eigenvalue weighted by Gasteiger charge is -2.15. The van der Waals surface area contributed by atoms with Gasteiger partial charge in [0.05, 0.1) is 13.2 Å². The van der Waals surface area contributed by atoms with Gasteiger partial charge >= 0.3 is 5.97 Å². The van der Waals surface area contributed by atoms with Crippen LogP contribution in [0.15, 0.2) is 35.7 Å². The van der Waals surface area contributed by atoms with Gasteiger partial charge in [-0.15, -0.1) is 11.3 Å². The van der Waals surface area contributed by atoms with Crippen LogP contribution < -0.4 is 14.8 Å². The Morgan fingerprint density at radius 1 is 1.26 bits per heavy atom. The van der Waals surface area contributed by atoms with Gasteiger partial charge in [-0.2, -0.15) is 0 Å². The number of rotatable bonds is 7. The molecule has 1 aromatic heterocycles. The first kappa shape index (κ1) is 16.8. The number of amides is 1. The van der Waals surface area contributed by atoms with Crippen LogP contribution in [0.25, 0.3) is 0 Å². The molecule has 1 atom stereocenters. The summed E-state index contributed by atoms with van der Waals surface area (Å²) < 4.78 is 10.2. The van der Waals surface area contributed by atoms with Crippen molar-refractivity contribution in [3.05, 3.63) is 46.2 Å². The van der Waals surface area contributed by atoms with Crippen LogP contribution >= 0.6 is 11.3 Å². The second kappa shape index (κ2) is 7.64. The molecule has 0 aliphatic rings. The van der Waals surface area contributed by atoms with E-state index in [1.807, 2.05) is 6.92 Å². The third-order valence-electron chi connectivity index (χ3n) is 3.15. The van der Waals surface area contributed by atoms with E-state index in [4.69, 9.17) is 14.6 Å². The van der Waals surface area contributed by atoms with Crippen LogP contribution in [0.5, 0.6) is 11.5 Å². The van der Waals surface area contributed by atoms with Crippen molar-refractivity contribution in [3.63, 3.8) is 0 Å². The number of hydrogen-bond donors (Lipinski definition) is 2. The molecule has 122 valence electrons. The molecular weight excluding hydrogens is 318 g/mol. The highest BCUT2D eigenvalue weighted by atomic mass is 32.1. The number of methoxy groups -OCH3 is 1. The molecule has 0 aliphatic heterocycles. The van der Waals surface area contributed by atoms with Gasteiger partial charge in [-0.1, -0.05) is 12.1 Å². The molecule has 23 heavy (non-hydrogen) atoms. The molecule has 0 saturated heterocycles. The maximum atomic E-state index is 12.2. The number of ether oxygens (including phenoxy) is 2. The molecule has 0 spiro atoms. The lowest BCUT2D eigenvalue weighted by molar-refractivity contribution is -0.139. The highest BCUT2D eigenvalue weighted by molar-refractivity contribution is 7.12. The fourth-order valence-corrected chi connectivity index (χ4v) is 2.73. The lowest BCUT2D eigenvalue weighted by atomic mass is 10.1. The molecule has 2 rings (SSSR count). The number of carboxylic acids is 1. The summed E-state index contributed by atoms with van der Waals surface area (Å²) in [5, 5.41) is 13.3. The predicted octanol–water partition coefficient (Wildman–Crippen LogP) is 2.71. The Bertz CT molecular complexity index is 680. The molecule has 2 aromatic rings. The van der Waals surface area contributed by atoms with E-state index in [9.17, 15) is 9.59 Å². The molecule has 2 N–H and O–H groups in total. The minimum absolute atomic E-state index is 0.199. The molecule has 1 aromatic carbocycles. The molecular formula is C16H17NO5S. The number of thiophene rings is 1. The van der Waals surface area contributed by atoms with Crippen molar-refractivity contribution in [1.29, 1.82) is 0 Å². The monoisotopic (exact) mass is 335 g/mol. The van der Waals surface area contributed by atoms with Crippen molar-refractivity contribution in [3.8, 4) is 11.5 Å². The molecule has 1 amide bonds. The number of carbonyl (C=O) groups excluding carboxylic acids is 1. The summed E-state index contributed by atoms with van der Waals surface area (Å²) in [4.78, 5) is 23.2. The maximum Gasteiger partial charge on any atom is 0.341 e. The smallest absolute Gasteiger partial charge is 0.341 e. The van der Waals surface area contributed by atoms with Gasteiger partial charge in [0, 0.05) is 0 Å².